The first-order chi connectivity index (χ1) is 12.8. The summed E-state index contributed by atoms with van der Waals surface area (Å²) in [6.45, 7) is 0.646. The summed E-state index contributed by atoms with van der Waals surface area (Å²) in [5, 5.41) is 0.351. The Labute approximate surface area is 167 Å². The van der Waals surface area contributed by atoms with Crippen LogP contribution in [-0.4, -0.2) is 38.4 Å². The van der Waals surface area contributed by atoms with Crippen LogP contribution in [0, 0.1) is 5.82 Å². The molecule has 1 aliphatic rings. The van der Waals surface area contributed by atoms with Gasteiger partial charge in [-0.1, -0.05) is 35.3 Å². The topological polar surface area (TPSA) is 66.5 Å². The number of rotatable bonds is 4. The Kier molecular flexibility index (Phi) is 6.05. The summed E-state index contributed by atoms with van der Waals surface area (Å²) < 4.78 is 41.5. The number of hydrogen-bond donors (Lipinski definition) is 1. The largest absolute Gasteiger partial charge is 0.338 e. The van der Waals surface area contributed by atoms with Gasteiger partial charge in [-0.3, -0.25) is 4.79 Å². The monoisotopic (exact) mass is 430 g/mol. The molecule has 0 unspecified atom stereocenters. The van der Waals surface area contributed by atoms with E-state index in [2.05, 4.69) is 4.72 Å². The molecule has 1 amide bonds. The Morgan fingerprint density at radius 1 is 1.11 bits per heavy atom. The number of carbonyl (C=O) groups is 1. The number of benzene rings is 2. The average Bonchev–Trinajstić information content (AvgIpc) is 2.64. The number of hydrogen-bond acceptors (Lipinski definition) is 3. The van der Waals surface area contributed by atoms with Crippen molar-refractivity contribution >= 4 is 39.1 Å². The number of nitrogens with zero attached hydrogens (tertiary/aromatic N) is 1. The lowest BCUT2D eigenvalue weighted by Gasteiger charge is -2.32. The fraction of sp³-hybridized carbons (Fsp3) is 0.278. The van der Waals surface area contributed by atoms with Gasteiger partial charge in [0.2, 0.25) is 10.0 Å². The number of sulfonamides is 1. The lowest BCUT2D eigenvalue weighted by atomic mass is 10.0. The molecule has 27 heavy (non-hydrogen) atoms. The molecule has 144 valence electrons. The summed E-state index contributed by atoms with van der Waals surface area (Å²) in [4.78, 5) is 13.9. The van der Waals surface area contributed by atoms with Gasteiger partial charge in [0.15, 0.2) is 0 Å². The lowest BCUT2D eigenvalue weighted by molar-refractivity contribution is 0.0706. The molecule has 1 N–H and O–H groups in total. The van der Waals surface area contributed by atoms with Crippen LogP contribution in [-0.2, 0) is 10.0 Å². The van der Waals surface area contributed by atoms with Crippen LogP contribution < -0.4 is 4.72 Å². The number of nitrogens with one attached hydrogen (secondary N) is 1. The van der Waals surface area contributed by atoms with Crippen molar-refractivity contribution in [2.75, 3.05) is 13.1 Å². The van der Waals surface area contributed by atoms with E-state index < -0.39 is 21.7 Å². The van der Waals surface area contributed by atoms with E-state index in [-0.39, 0.29) is 26.5 Å². The maximum atomic E-state index is 13.8. The Bertz CT molecular complexity index is 961. The summed E-state index contributed by atoms with van der Waals surface area (Å²) in [6, 6.07) is 9.68. The third kappa shape index (κ3) is 4.60. The molecule has 1 heterocycles. The molecule has 0 aromatic heterocycles. The summed E-state index contributed by atoms with van der Waals surface area (Å²) in [5.41, 5.74) is 0.0160. The minimum atomic E-state index is -3.84. The van der Waals surface area contributed by atoms with Crippen molar-refractivity contribution in [2.24, 2.45) is 0 Å². The van der Waals surface area contributed by atoms with Gasteiger partial charge in [-0.2, -0.15) is 0 Å². The predicted octanol–water partition coefficient (Wildman–Crippen LogP) is 3.72. The van der Waals surface area contributed by atoms with Gasteiger partial charge < -0.3 is 4.90 Å². The third-order valence-corrected chi connectivity index (χ3v) is 6.63. The number of amides is 1. The molecule has 9 heteroatoms. The van der Waals surface area contributed by atoms with Crippen LogP contribution in [0.3, 0.4) is 0 Å². The number of likely N-dealkylation sites (tertiary alicyclic amines) is 1. The molecule has 0 saturated carbocycles. The molecular formula is C18H17Cl2FN2O3S. The van der Waals surface area contributed by atoms with Gasteiger partial charge in [0.1, 0.15) is 10.7 Å². The molecule has 5 nitrogen and oxygen atoms in total. The standard InChI is InChI=1S/C18H17Cl2FN2O3S/c19-12-5-6-15(20)17(11-12)27(25,26)22-13-7-9-23(10-8-13)18(24)14-3-1-2-4-16(14)21/h1-6,11,13,22H,7-10H2. The van der Waals surface area contributed by atoms with Gasteiger partial charge in [-0.25, -0.2) is 17.5 Å². The highest BCUT2D eigenvalue weighted by Gasteiger charge is 2.29. The number of halogens is 3. The van der Waals surface area contributed by atoms with E-state index in [1.165, 1.54) is 41.3 Å². The fourth-order valence-corrected chi connectivity index (χ4v) is 5.04. The molecule has 2 aromatic rings. The summed E-state index contributed by atoms with van der Waals surface area (Å²) >= 11 is 11.8. The highest BCUT2D eigenvalue weighted by molar-refractivity contribution is 7.89. The SMILES string of the molecule is O=C(c1ccccc1F)N1CCC(NS(=O)(=O)c2cc(Cl)ccc2Cl)CC1. The second-order valence-electron chi connectivity index (χ2n) is 6.24. The minimum absolute atomic E-state index is 0.0160. The third-order valence-electron chi connectivity index (χ3n) is 4.39. The van der Waals surface area contributed by atoms with Gasteiger partial charge in [0.25, 0.3) is 5.91 Å². The van der Waals surface area contributed by atoms with Crippen LogP contribution in [0.4, 0.5) is 4.39 Å². The van der Waals surface area contributed by atoms with Crippen molar-refractivity contribution in [1.82, 2.24) is 9.62 Å². The zero-order valence-electron chi connectivity index (χ0n) is 14.2. The van der Waals surface area contributed by atoms with E-state index in [0.29, 0.717) is 25.9 Å². The van der Waals surface area contributed by atoms with Crippen LogP contribution in [0.15, 0.2) is 47.4 Å². The first-order valence-corrected chi connectivity index (χ1v) is 10.5. The van der Waals surface area contributed by atoms with E-state index >= 15 is 0 Å². The Morgan fingerprint density at radius 3 is 2.44 bits per heavy atom. The van der Waals surface area contributed by atoms with Crippen LogP contribution in [0.25, 0.3) is 0 Å². The quantitative estimate of drug-likeness (QED) is 0.803. The predicted molar refractivity (Wildman–Crippen MR) is 102 cm³/mol. The lowest BCUT2D eigenvalue weighted by Crippen LogP contribution is -2.46. The zero-order valence-corrected chi connectivity index (χ0v) is 16.5. The van der Waals surface area contributed by atoms with Crippen molar-refractivity contribution in [3.8, 4) is 0 Å². The molecule has 0 spiro atoms. The Morgan fingerprint density at radius 2 is 1.78 bits per heavy atom. The van der Waals surface area contributed by atoms with Gasteiger partial charge >= 0.3 is 0 Å². The number of carbonyl (C=O) groups excluding carboxylic acids is 1. The van der Waals surface area contributed by atoms with E-state index in [4.69, 9.17) is 23.2 Å². The minimum Gasteiger partial charge on any atom is -0.338 e. The van der Waals surface area contributed by atoms with Crippen LogP contribution in [0.1, 0.15) is 23.2 Å². The zero-order chi connectivity index (χ0) is 19.6. The number of piperidine rings is 1. The van der Waals surface area contributed by atoms with Gasteiger partial charge in [-0.05, 0) is 43.2 Å². The molecule has 3 rings (SSSR count). The van der Waals surface area contributed by atoms with Gasteiger partial charge in [-0.15, -0.1) is 0 Å². The van der Waals surface area contributed by atoms with Crippen molar-refractivity contribution in [1.29, 1.82) is 0 Å². The van der Waals surface area contributed by atoms with E-state index in [1.807, 2.05) is 0 Å². The smallest absolute Gasteiger partial charge is 0.256 e. The molecule has 2 aromatic carbocycles. The Hall–Kier alpha value is -1.67. The van der Waals surface area contributed by atoms with Gasteiger partial charge in [0.05, 0.1) is 10.6 Å². The van der Waals surface area contributed by atoms with E-state index in [1.54, 1.807) is 6.07 Å². The first-order valence-electron chi connectivity index (χ1n) is 8.29. The van der Waals surface area contributed by atoms with Crippen LogP contribution >= 0.6 is 23.2 Å². The molecular weight excluding hydrogens is 414 g/mol. The molecule has 1 aliphatic heterocycles. The molecule has 1 fully saturated rings. The maximum Gasteiger partial charge on any atom is 0.256 e. The highest BCUT2D eigenvalue weighted by Crippen LogP contribution is 2.26. The van der Waals surface area contributed by atoms with Crippen molar-refractivity contribution < 1.29 is 17.6 Å². The second kappa shape index (κ2) is 8.14. The molecule has 0 radical (unpaired) electrons. The molecule has 0 atom stereocenters. The second-order valence-corrected chi connectivity index (χ2v) is 8.77. The maximum absolute atomic E-state index is 13.8. The van der Waals surface area contributed by atoms with E-state index in [0.717, 1.165) is 0 Å². The van der Waals surface area contributed by atoms with Crippen LogP contribution in [0.5, 0.6) is 0 Å². The summed E-state index contributed by atoms with van der Waals surface area (Å²) in [7, 11) is -3.84. The van der Waals surface area contributed by atoms with Crippen molar-refractivity contribution in [3.05, 3.63) is 63.9 Å². The van der Waals surface area contributed by atoms with Crippen molar-refractivity contribution in [2.45, 2.75) is 23.8 Å². The highest BCUT2D eigenvalue weighted by atomic mass is 35.5. The summed E-state index contributed by atoms with van der Waals surface area (Å²) in [5.74, 6) is -0.965. The van der Waals surface area contributed by atoms with Crippen LogP contribution in [0.2, 0.25) is 10.0 Å². The van der Waals surface area contributed by atoms with E-state index in [9.17, 15) is 17.6 Å². The first kappa shape index (κ1) is 20.1. The van der Waals surface area contributed by atoms with Gasteiger partial charge in [0, 0.05) is 24.2 Å². The Balaban J connectivity index is 1.65. The van der Waals surface area contributed by atoms with Crippen molar-refractivity contribution in [3.63, 3.8) is 0 Å². The molecule has 1 saturated heterocycles. The molecule has 0 aliphatic carbocycles. The summed E-state index contributed by atoms with van der Waals surface area (Å²) in [6.07, 6.45) is 0.829. The normalized spacial score (nSPS) is 15.7. The average molecular weight is 431 g/mol. The fourth-order valence-electron chi connectivity index (χ4n) is 2.97. The molecule has 0 bridgehead atoms.